The van der Waals surface area contributed by atoms with E-state index < -0.39 is 0 Å². The molecule has 2 rings (SSSR count). The van der Waals surface area contributed by atoms with Crippen LogP contribution < -0.4 is 0 Å². The first kappa shape index (κ1) is 13.5. The fourth-order valence-corrected chi connectivity index (χ4v) is 2.24. The third-order valence-corrected chi connectivity index (χ3v) is 5.25. The van der Waals surface area contributed by atoms with E-state index in [2.05, 4.69) is 48.5 Å². The summed E-state index contributed by atoms with van der Waals surface area (Å²) in [4.78, 5) is 8.67. The number of halogens is 4. The number of rotatable bonds is 1. The molecule has 0 fully saturated rings. The second-order valence-corrected chi connectivity index (χ2v) is 6.06. The SMILES string of the molecule is Cc1nc(-c2ccc(Cl)c(Br)c2)nc(Cl)c1I. The number of aromatic nitrogens is 2. The van der Waals surface area contributed by atoms with Crippen molar-refractivity contribution in [3.8, 4) is 11.4 Å². The molecule has 2 aromatic rings. The maximum absolute atomic E-state index is 6.04. The molecule has 0 aliphatic rings. The molecule has 0 aliphatic heterocycles. The highest BCUT2D eigenvalue weighted by molar-refractivity contribution is 14.1. The molecule has 88 valence electrons. The Balaban J connectivity index is 2.57. The summed E-state index contributed by atoms with van der Waals surface area (Å²) in [5.41, 5.74) is 1.74. The topological polar surface area (TPSA) is 25.8 Å². The Morgan fingerprint density at radius 1 is 1.24 bits per heavy atom. The summed E-state index contributed by atoms with van der Waals surface area (Å²) in [5, 5.41) is 1.13. The van der Waals surface area contributed by atoms with Crippen molar-refractivity contribution in [3.63, 3.8) is 0 Å². The molecule has 1 heterocycles. The van der Waals surface area contributed by atoms with Gasteiger partial charge in [0.1, 0.15) is 5.15 Å². The lowest BCUT2D eigenvalue weighted by atomic mass is 10.2. The molecular formula is C11H6BrCl2IN2. The van der Waals surface area contributed by atoms with E-state index in [0.29, 0.717) is 16.0 Å². The maximum atomic E-state index is 6.04. The standard InChI is InChI=1S/C11H6BrCl2IN2/c1-5-9(15)10(14)17-11(16-5)6-2-3-8(13)7(12)4-6/h2-4H,1H3. The quantitative estimate of drug-likeness (QED) is 0.451. The lowest BCUT2D eigenvalue weighted by Crippen LogP contribution is -1.96. The lowest BCUT2D eigenvalue weighted by molar-refractivity contribution is 1.09. The van der Waals surface area contributed by atoms with Gasteiger partial charge < -0.3 is 0 Å². The smallest absolute Gasteiger partial charge is 0.161 e. The minimum absolute atomic E-state index is 0.471. The van der Waals surface area contributed by atoms with Crippen LogP contribution in [0.1, 0.15) is 5.69 Å². The molecule has 0 unspecified atom stereocenters. The molecule has 1 aromatic heterocycles. The Morgan fingerprint density at radius 2 is 1.94 bits per heavy atom. The third-order valence-electron chi connectivity index (χ3n) is 2.15. The summed E-state index contributed by atoms with van der Waals surface area (Å²) >= 11 is 17.5. The van der Waals surface area contributed by atoms with Crippen LogP contribution in [0.5, 0.6) is 0 Å². The number of hydrogen-bond donors (Lipinski definition) is 0. The van der Waals surface area contributed by atoms with E-state index in [4.69, 9.17) is 23.2 Å². The van der Waals surface area contributed by atoms with E-state index in [0.717, 1.165) is 19.3 Å². The molecule has 0 N–H and O–H groups in total. The summed E-state index contributed by atoms with van der Waals surface area (Å²) in [6, 6.07) is 5.54. The van der Waals surface area contributed by atoms with E-state index in [9.17, 15) is 0 Å². The average Bonchev–Trinajstić information content (AvgIpc) is 2.29. The van der Waals surface area contributed by atoms with Crippen molar-refractivity contribution >= 4 is 61.7 Å². The molecule has 17 heavy (non-hydrogen) atoms. The zero-order chi connectivity index (χ0) is 12.6. The highest BCUT2D eigenvalue weighted by atomic mass is 127. The van der Waals surface area contributed by atoms with E-state index in [1.165, 1.54) is 0 Å². The van der Waals surface area contributed by atoms with Gasteiger partial charge in [0.05, 0.1) is 14.3 Å². The molecule has 0 atom stereocenters. The first-order valence-corrected chi connectivity index (χ1v) is 7.27. The fraction of sp³-hybridized carbons (Fsp3) is 0.0909. The zero-order valence-electron chi connectivity index (χ0n) is 8.64. The highest BCUT2D eigenvalue weighted by Crippen LogP contribution is 2.29. The van der Waals surface area contributed by atoms with Gasteiger partial charge in [0.2, 0.25) is 0 Å². The predicted molar refractivity (Wildman–Crippen MR) is 82.6 cm³/mol. The molecule has 0 amide bonds. The second-order valence-electron chi connectivity index (χ2n) is 3.37. The van der Waals surface area contributed by atoms with E-state index >= 15 is 0 Å². The van der Waals surface area contributed by atoms with Gasteiger partial charge in [0.25, 0.3) is 0 Å². The lowest BCUT2D eigenvalue weighted by Gasteiger charge is -2.06. The second kappa shape index (κ2) is 5.38. The Labute approximate surface area is 131 Å². The Morgan fingerprint density at radius 3 is 2.53 bits per heavy atom. The molecule has 0 aliphatic carbocycles. The van der Waals surface area contributed by atoms with Gasteiger partial charge in [-0.05, 0) is 63.6 Å². The van der Waals surface area contributed by atoms with E-state index in [-0.39, 0.29) is 0 Å². The summed E-state index contributed by atoms with van der Waals surface area (Å²) in [5.74, 6) is 0.602. The molecule has 0 saturated carbocycles. The van der Waals surface area contributed by atoms with Crippen LogP contribution in [0.4, 0.5) is 0 Å². The van der Waals surface area contributed by atoms with Crippen LogP contribution in [0, 0.1) is 10.5 Å². The van der Waals surface area contributed by atoms with Crippen LogP contribution in [-0.2, 0) is 0 Å². The normalized spacial score (nSPS) is 10.6. The predicted octanol–water partition coefficient (Wildman–Crippen LogP) is 5.13. The molecule has 2 nitrogen and oxygen atoms in total. The fourth-order valence-electron chi connectivity index (χ4n) is 1.29. The summed E-state index contributed by atoms with van der Waals surface area (Å²) in [6.45, 7) is 1.91. The van der Waals surface area contributed by atoms with E-state index in [1.807, 2.05) is 19.1 Å². The number of hydrogen-bond acceptors (Lipinski definition) is 2. The summed E-state index contributed by atoms with van der Waals surface area (Å²) in [7, 11) is 0. The van der Waals surface area contributed by atoms with Crippen molar-refractivity contribution in [2.24, 2.45) is 0 Å². The van der Waals surface area contributed by atoms with Crippen molar-refractivity contribution < 1.29 is 0 Å². The van der Waals surface area contributed by atoms with Crippen molar-refractivity contribution in [2.75, 3.05) is 0 Å². The van der Waals surface area contributed by atoms with Gasteiger partial charge in [-0.25, -0.2) is 9.97 Å². The number of nitrogens with zero attached hydrogens (tertiary/aromatic N) is 2. The monoisotopic (exact) mass is 442 g/mol. The first-order chi connectivity index (χ1) is 7.99. The van der Waals surface area contributed by atoms with E-state index in [1.54, 1.807) is 6.07 Å². The van der Waals surface area contributed by atoms with Gasteiger partial charge in [-0.15, -0.1) is 0 Å². The van der Waals surface area contributed by atoms with Crippen molar-refractivity contribution in [2.45, 2.75) is 6.92 Å². The molecule has 0 spiro atoms. The molecule has 0 bridgehead atoms. The summed E-state index contributed by atoms with van der Waals surface area (Å²) < 4.78 is 1.69. The molecule has 0 radical (unpaired) electrons. The number of benzene rings is 1. The zero-order valence-corrected chi connectivity index (χ0v) is 13.9. The largest absolute Gasteiger partial charge is 0.232 e. The van der Waals surface area contributed by atoms with Crippen LogP contribution in [-0.4, -0.2) is 9.97 Å². The minimum Gasteiger partial charge on any atom is -0.232 e. The van der Waals surface area contributed by atoms with Gasteiger partial charge in [-0.3, -0.25) is 0 Å². The van der Waals surface area contributed by atoms with Crippen LogP contribution in [0.3, 0.4) is 0 Å². The van der Waals surface area contributed by atoms with Crippen LogP contribution in [0.25, 0.3) is 11.4 Å². The first-order valence-electron chi connectivity index (χ1n) is 4.64. The highest BCUT2D eigenvalue weighted by Gasteiger charge is 2.10. The van der Waals surface area contributed by atoms with Gasteiger partial charge in [0.15, 0.2) is 5.82 Å². The molecular weight excluding hydrogens is 438 g/mol. The maximum Gasteiger partial charge on any atom is 0.161 e. The van der Waals surface area contributed by atoms with Crippen LogP contribution in [0.15, 0.2) is 22.7 Å². The number of aryl methyl sites for hydroxylation is 1. The average molecular weight is 444 g/mol. The van der Waals surface area contributed by atoms with Gasteiger partial charge >= 0.3 is 0 Å². The molecule has 0 saturated heterocycles. The van der Waals surface area contributed by atoms with Gasteiger partial charge in [-0.1, -0.05) is 23.2 Å². The minimum atomic E-state index is 0.471. The van der Waals surface area contributed by atoms with Gasteiger partial charge in [0, 0.05) is 10.0 Å². The Kier molecular flexibility index (Phi) is 4.28. The third kappa shape index (κ3) is 2.92. The summed E-state index contributed by atoms with van der Waals surface area (Å²) in [6.07, 6.45) is 0. The Hall–Kier alpha value is 0.0900. The Bertz CT molecular complexity index is 567. The van der Waals surface area contributed by atoms with Gasteiger partial charge in [-0.2, -0.15) is 0 Å². The van der Waals surface area contributed by atoms with Crippen molar-refractivity contribution in [3.05, 3.63) is 42.1 Å². The van der Waals surface area contributed by atoms with Crippen LogP contribution in [0.2, 0.25) is 10.2 Å². The van der Waals surface area contributed by atoms with Crippen molar-refractivity contribution in [1.29, 1.82) is 0 Å². The molecule has 6 heteroatoms. The van der Waals surface area contributed by atoms with Crippen LogP contribution >= 0.6 is 61.7 Å². The van der Waals surface area contributed by atoms with Crippen molar-refractivity contribution in [1.82, 2.24) is 9.97 Å². The molecule has 1 aromatic carbocycles.